The fraction of sp³-hybridized carbons (Fsp3) is 0.562. The van der Waals surface area contributed by atoms with Gasteiger partial charge in [-0.05, 0) is 50.9 Å². The number of ketones is 1. The van der Waals surface area contributed by atoms with Crippen molar-refractivity contribution < 1.29 is 13.6 Å². The van der Waals surface area contributed by atoms with E-state index < -0.39 is 11.6 Å². The van der Waals surface area contributed by atoms with Gasteiger partial charge in [-0.1, -0.05) is 12.8 Å². The van der Waals surface area contributed by atoms with Crippen molar-refractivity contribution in [3.05, 3.63) is 35.4 Å². The Kier molecular flexibility index (Phi) is 4.86. The molecule has 4 heteroatoms. The molecule has 1 aromatic rings. The molecule has 0 amide bonds. The summed E-state index contributed by atoms with van der Waals surface area (Å²) >= 11 is 0. The van der Waals surface area contributed by atoms with Crippen LogP contribution >= 0.6 is 0 Å². The topological polar surface area (TPSA) is 20.3 Å². The Labute approximate surface area is 118 Å². The minimum absolute atomic E-state index is 0.163. The number of hydrogen-bond acceptors (Lipinski definition) is 2. The Morgan fingerprint density at radius 2 is 1.95 bits per heavy atom. The first-order chi connectivity index (χ1) is 9.49. The number of carbonyl (C=O) groups is 1. The zero-order chi connectivity index (χ0) is 14.7. The van der Waals surface area contributed by atoms with Crippen molar-refractivity contribution in [2.45, 2.75) is 38.6 Å². The van der Waals surface area contributed by atoms with E-state index in [-0.39, 0.29) is 17.4 Å². The average Bonchev–Trinajstić information content (AvgIpc) is 2.93. The van der Waals surface area contributed by atoms with Gasteiger partial charge >= 0.3 is 0 Å². The van der Waals surface area contributed by atoms with Crippen LogP contribution in [-0.2, 0) is 0 Å². The predicted molar refractivity (Wildman–Crippen MR) is 74.7 cm³/mol. The minimum atomic E-state index is -0.971. The van der Waals surface area contributed by atoms with Gasteiger partial charge in [-0.25, -0.2) is 8.78 Å². The molecule has 0 bridgehead atoms. The molecule has 0 N–H and O–H groups in total. The summed E-state index contributed by atoms with van der Waals surface area (Å²) in [7, 11) is 1.92. The van der Waals surface area contributed by atoms with Gasteiger partial charge in [-0.2, -0.15) is 0 Å². The van der Waals surface area contributed by atoms with Crippen molar-refractivity contribution in [1.29, 1.82) is 0 Å². The third-order valence-electron chi connectivity index (χ3n) is 4.27. The van der Waals surface area contributed by atoms with E-state index in [0.29, 0.717) is 5.92 Å². The van der Waals surface area contributed by atoms with Crippen molar-refractivity contribution in [2.75, 3.05) is 13.6 Å². The lowest BCUT2D eigenvalue weighted by atomic mass is 10.0. The number of Topliss-reactive ketones (excluding diaryl/α,β-unsaturated/α-hetero) is 1. The van der Waals surface area contributed by atoms with Gasteiger partial charge in [0, 0.05) is 12.1 Å². The molecule has 2 nitrogen and oxygen atoms in total. The molecule has 20 heavy (non-hydrogen) atoms. The summed E-state index contributed by atoms with van der Waals surface area (Å²) < 4.78 is 26.1. The lowest BCUT2D eigenvalue weighted by Gasteiger charge is -2.26. The van der Waals surface area contributed by atoms with Gasteiger partial charge in [0.15, 0.2) is 17.4 Å². The van der Waals surface area contributed by atoms with Gasteiger partial charge in [0.05, 0.1) is 6.04 Å². The van der Waals surface area contributed by atoms with E-state index in [1.807, 2.05) is 18.9 Å². The summed E-state index contributed by atoms with van der Waals surface area (Å²) in [6.45, 7) is 2.70. The number of benzene rings is 1. The van der Waals surface area contributed by atoms with Crippen LogP contribution in [0.2, 0.25) is 0 Å². The van der Waals surface area contributed by atoms with E-state index in [0.717, 1.165) is 18.7 Å². The molecular formula is C16H21F2NO. The molecule has 1 aromatic carbocycles. The van der Waals surface area contributed by atoms with Gasteiger partial charge in [0.2, 0.25) is 0 Å². The average molecular weight is 281 g/mol. The summed E-state index contributed by atoms with van der Waals surface area (Å²) in [6.07, 6.45) is 4.97. The monoisotopic (exact) mass is 281 g/mol. The number of likely N-dealkylation sites (N-methyl/N-ethyl adjacent to an activating group) is 1. The maximum Gasteiger partial charge on any atom is 0.179 e. The second kappa shape index (κ2) is 6.44. The van der Waals surface area contributed by atoms with Crippen LogP contribution in [0.3, 0.4) is 0 Å². The molecule has 0 aromatic heterocycles. The van der Waals surface area contributed by atoms with Crippen LogP contribution in [0.1, 0.15) is 43.0 Å². The van der Waals surface area contributed by atoms with E-state index in [2.05, 4.69) is 0 Å². The molecule has 0 spiro atoms. The second-order valence-corrected chi connectivity index (χ2v) is 5.76. The Hall–Kier alpha value is -1.29. The first-order valence-electron chi connectivity index (χ1n) is 7.18. The standard InChI is InChI=1S/C16H21F2NO/c1-11(19(2)10-12-5-3-4-6-12)16(20)13-7-8-14(17)15(18)9-13/h7-9,11-12H,3-6,10H2,1-2H3. The maximum absolute atomic E-state index is 13.2. The van der Waals surface area contributed by atoms with Crippen molar-refractivity contribution in [2.24, 2.45) is 5.92 Å². The van der Waals surface area contributed by atoms with Gasteiger partial charge in [-0.15, -0.1) is 0 Å². The summed E-state index contributed by atoms with van der Waals surface area (Å²) in [4.78, 5) is 14.3. The van der Waals surface area contributed by atoms with Crippen LogP contribution in [0.25, 0.3) is 0 Å². The predicted octanol–water partition coefficient (Wildman–Crippen LogP) is 3.66. The first-order valence-corrected chi connectivity index (χ1v) is 7.18. The van der Waals surface area contributed by atoms with Crippen LogP contribution < -0.4 is 0 Å². The minimum Gasteiger partial charge on any atom is -0.296 e. The highest BCUT2D eigenvalue weighted by Gasteiger charge is 2.24. The molecule has 1 fully saturated rings. The van der Waals surface area contributed by atoms with E-state index in [1.54, 1.807) is 0 Å². The van der Waals surface area contributed by atoms with E-state index in [4.69, 9.17) is 0 Å². The van der Waals surface area contributed by atoms with Crippen LogP contribution in [0, 0.1) is 17.6 Å². The number of carbonyl (C=O) groups excluding carboxylic acids is 1. The third-order valence-corrected chi connectivity index (χ3v) is 4.27. The molecule has 1 atom stereocenters. The SMILES string of the molecule is CC(C(=O)c1ccc(F)c(F)c1)N(C)CC1CCCC1. The molecule has 0 heterocycles. The molecule has 110 valence electrons. The van der Waals surface area contributed by atoms with Gasteiger partial charge < -0.3 is 0 Å². The van der Waals surface area contributed by atoms with Crippen molar-refractivity contribution >= 4 is 5.78 Å². The highest BCUT2D eigenvalue weighted by atomic mass is 19.2. The Morgan fingerprint density at radius 3 is 2.55 bits per heavy atom. The number of rotatable bonds is 5. The van der Waals surface area contributed by atoms with Gasteiger partial charge in [-0.3, -0.25) is 9.69 Å². The molecule has 0 saturated heterocycles. The smallest absolute Gasteiger partial charge is 0.179 e. The lowest BCUT2D eigenvalue weighted by Crippen LogP contribution is -2.38. The zero-order valence-electron chi connectivity index (χ0n) is 12.0. The highest BCUT2D eigenvalue weighted by Crippen LogP contribution is 2.26. The number of halogens is 2. The summed E-state index contributed by atoms with van der Waals surface area (Å²) in [5.41, 5.74) is 0.231. The zero-order valence-corrected chi connectivity index (χ0v) is 12.0. The van der Waals surface area contributed by atoms with Crippen LogP contribution in [0.4, 0.5) is 8.78 Å². The third kappa shape index (κ3) is 3.42. The van der Waals surface area contributed by atoms with Crippen LogP contribution in [-0.4, -0.2) is 30.3 Å². The van der Waals surface area contributed by atoms with E-state index in [1.165, 1.54) is 31.7 Å². The van der Waals surface area contributed by atoms with Crippen LogP contribution in [0.5, 0.6) is 0 Å². The van der Waals surface area contributed by atoms with E-state index >= 15 is 0 Å². The van der Waals surface area contributed by atoms with Crippen molar-refractivity contribution in [3.63, 3.8) is 0 Å². The summed E-state index contributed by atoms with van der Waals surface area (Å²) in [5.74, 6) is -1.40. The molecule has 1 aliphatic rings. The fourth-order valence-electron chi connectivity index (χ4n) is 2.85. The summed E-state index contributed by atoms with van der Waals surface area (Å²) in [5, 5.41) is 0. The maximum atomic E-state index is 13.2. The largest absolute Gasteiger partial charge is 0.296 e. The highest BCUT2D eigenvalue weighted by molar-refractivity contribution is 5.99. The normalized spacial score (nSPS) is 17.6. The Balaban J connectivity index is 2.01. The fourth-order valence-corrected chi connectivity index (χ4v) is 2.85. The lowest BCUT2D eigenvalue weighted by molar-refractivity contribution is 0.0852. The van der Waals surface area contributed by atoms with Crippen molar-refractivity contribution in [3.8, 4) is 0 Å². The second-order valence-electron chi connectivity index (χ2n) is 5.76. The first kappa shape index (κ1) is 15.1. The molecule has 1 unspecified atom stereocenters. The Bertz CT molecular complexity index is 483. The molecule has 0 aliphatic heterocycles. The van der Waals surface area contributed by atoms with Gasteiger partial charge in [0.25, 0.3) is 0 Å². The molecule has 2 rings (SSSR count). The number of hydrogen-bond donors (Lipinski definition) is 0. The van der Waals surface area contributed by atoms with E-state index in [9.17, 15) is 13.6 Å². The molecule has 1 aliphatic carbocycles. The summed E-state index contributed by atoms with van der Waals surface area (Å²) in [6, 6.07) is 3.02. The van der Waals surface area contributed by atoms with Crippen LogP contribution in [0.15, 0.2) is 18.2 Å². The molecule has 0 radical (unpaired) electrons. The number of nitrogens with zero attached hydrogens (tertiary/aromatic N) is 1. The van der Waals surface area contributed by atoms with Crippen molar-refractivity contribution in [1.82, 2.24) is 4.90 Å². The van der Waals surface area contributed by atoms with Gasteiger partial charge in [0.1, 0.15) is 0 Å². The quantitative estimate of drug-likeness (QED) is 0.768. The Morgan fingerprint density at radius 1 is 1.30 bits per heavy atom. The molecular weight excluding hydrogens is 260 g/mol. The molecule has 1 saturated carbocycles.